The highest BCUT2D eigenvalue weighted by Gasteiger charge is 2.52. The lowest BCUT2D eigenvalue weighted by atomic mass is 9.75. The molecule has 0 bridgehead atoms. The zero-order valence-electron chi connectivity index (χ0n) is 10.9. The van der Waals surface area contributed by atoms with Crippen LogP contribution in [0, 0.1) is 10.1 Å². The van der Waals surface area contributed by atoms with Gasteiger partial charge in [0.15, 0.2) is 0 Å². The fourth-order valence-corrected chi connectivity index (χ4v) is 2.89. The lowest BCUT2D eigenvalue weighted by molar-refractivity contribution is -0.551. The van der Waals surface area contributed by atoms with Crippen molar-refractivity contribution in [2.75, 3.05) is 0 Å². The maximum absolute atomic E-state index is 11.4. The Hall–Kier alpha value is -1.91. The quantitative estimate of drug-likeness (QED) is 0.477. The standard InChI is InChI=1S/C14H17NO4/c1-11(16)19-14(12-7-3-2-4-8-12)10-6-5-9-13(14)15(17)18/h2-4,7-8,13H,5-6,9-10H2,1H3/t13-,14-/m1/s1. The molecule has 0 unspecified atom stereocenters. The van der Waals surface area contributed by atoms with E-state index >= 15 is 0 Å². The summed E-state index contributed by atoms with van der Waals surface area (Å²) < 4.78 is 5.46. The molecule has 2 rings (SSSR count). The number of nitro groups is 1. The molecule has 0 amide bonds. The van der Waals surface area contributed by atoms with Crippen LogP contribution >= 0.6 is 0 Å². The third kappa shape index (κ3) is 2.59. The lowest BCUT2D eigenvalue weighted by Gasteiger charge is -2.38. The smallest absolute Gasteiger partial charge is 0.303 e. The van der Waals surface area contributed by atoms with Crippen molar-refractivity contribution in [3.8, 4) is 0 Å². The van der Waals surface area contributed by atoms with Crippen molar-refractivity contribution in [3.63, 3.8) is 0 Å². The molecule has 1 fully saturated rings. The normalized spacial score (nSPS) is 26.7. The topological polar surface area (TPSA) is 69.4 Å². The van der Waals surface area contributed by atoms with Crippen LogP contribution in [0.2, 0.25) is 0 Å². The van der Waals surface area contributed by atoms with Crippen LogP contribution in [0.15, 0.2) is 30.3 Å². The molecule has 1 aliphatic rings. The number of carbonyl (C=O) groups is 1. The zero-order valence-corrected chi connectivity index (χ0v) is 10.9. The molecule has 1 aromatic rings. The molecule has 5 heteroatoms. The van der Waals surface area contributed by atoms with Gasteiger partial charge in [-0.3, -0.25) is 14.9 Å². The summed E-state index contributed by atoms with van der Waals surface area (Å²) >= 11 is 0. The van der Waals surface area contributed by atoms with Crippen LogP contribution in [0.5, 0.6) is 0 Å². The van der Waals surface area contributed by atoms with Gasteiger partial charge in [0, 0.05) is 23.8 Å². The van der Waals surface area contributed by atoms with E-state index < -0.39 is 17.6 Å². The molecular weight excluding hydrogens is 246 g/mol. The van der Waals surface area contributed by atoms with E-state index in [4.69, 9.17) is 4.74 Å². The number of esters is 1. The molecule has 19 heavy (non-hydrogen) atoms. The molecule has 5 nitrogen and oxygen atoms in total. The molecule has 0 heterocycles. The minimum Gasteiger partial charge on any atom is -0.447 e. The number of carbonyl (C=O) groups excluding carboxylic acids is 1. The second-order valence-corrected chi connectivity index (χ2v) is 4.90. The second kappa shape index (κ2) is 5.38. The van der Waals surface area contributed by atoms with Crippen molar-refractivity contribution in [2.24, 2.45) is 0 Å². The average molecular weight is 263 g/mol. The Morgan fingerprint density at radius 1 is 1.37 bits per heavy atom. The largest absolute Gasteiger partial charge is 0.447 e. The summed E-state index contributed by atoms with van der Waals surface area (Å²) in [4.78, 5) is 22.4. The Morgan fingerprint density at radius 3 is 2.63 bits per heavy atom. The first-order valence-corrected chi connectivity index (χ1v) is 6.45. The Morgan fingerprint density at radius 2 is 2.05 bits per heavy atom. The average Bonchev–Trinajstić information content (AvgIpc) is 2.39. The van der Waals surface area contributed by atoms with E-state index in [-0.39, 0.29) is 4.92 Å². The Bertz CT molecular complexity index is 474. The van der Waals surface area contributed by atoms with Gasteiger partial charge in [0.2, 0.25) is 5.60 Å². The number of hydrogen-bond donors (Lipinski definition) is 0. The molecule has 0 N–H and O–H groups in total. The van der Waals surface area contributed by atoms with E-state index in [1.165, 1.54) is 6.92 Å². The predicted molar refractivity (Wildman–Crippen MR) is 69.1 cm³/mol. The predicted octanol–water partition coefficient (Wildman–Crippen LogP) is 2.66. The van der Waals surface area contributed by atoms with Crippen LogP contribution in [-0.4, -0.2) is 16.9 Å². The van der Waals surface area contributed by atoms with Gasteiger partial charge < -0.3 is 4.74 Å². The fourth-order valence-electron chi connectivity index (χ4n) is 2.89. The minimum atomic E-state index is -1.12. The van der Waals surface area contributed by atoms with Crippen LogP contribution in [0.3, 0.4) is 0 Å². The number of benzene rings is 1. The molecule has 0 spiro atoms. The van der Waals surface area contributed by atoms with Crippen LogP contribution in [0.1, 0.15) is 38.2 Å². The van der Waals surface area contributed by atoms with E-state index in [1.54, 1.807) is 12.1 Å². The van der Waals surface area contributed by atoms with Gasteiger partial charge in [0.05, 0.1) is 0 Å². The number of hydrogen-bond acceptors (Lipinski definition) is 4. The second-order valence-electron chi connectivity index (χ2n) is 4.90. The first kappa shape index (κ1) is 13.5. The summed E-state index contributed by atoms with van der Waals surface area (Å²) in [6.07, 6.45) is 2.56. The summed E-state index contributed by atoms with van der Waals surface area (Å²) in [5.74, 6) is -0.474. The zero-order chi connectivity index (χ0) is 13.9. The maximum Gasteiger partial charge on any atom is 0.303 e. The molecule has 1 aromatic carbocycles. The molecular formula is C14H17NO4. The van der Waals surface area contributed by atoms with Gasteiger partial charge in [0.25, 0.3) is 6.04 Å². The first-order chi connectivity index (χ1) is 9.06. The number of nitrogens with zero attached hydrogens (tertiary/aromatic N) is 1. The fraction of sp³-hybridized carbons (Fsp3) is 0.500. The van der Waals surface area contributed by atoms with Gasteiger partial charge in [-0.05, 0) is 19.3 Å². The van der Waals surface area contributed by atoms with Gasteiger partial charge >= 0.3 is 5.97 Å². The van der Waals surface area contributed by atoms with Crippen molar-refractivity contribution in [2.45, 2.75) is 44.2 Å². The van der Waals surface area contributed by atoms with E-state index in [1.807, 2.05) is 18.2 Å². The molecule has 2 atom stereocenters. The Labute approximate surface area is 111 Å². The Kier molecular flexibility index (Phi) is 3.83. The van der Waals surface area contributed by atoms with Crippen molar-refractivity contribution < 1.29 is 14.5 Å². The van der Waals surface area contributed by atoms with Crippen molar-refractivity contribution in [1.82, 2.24) is 0 Å². The van der Waals surface area contributed by atoms with Crippen LogP contribution in [-0.2, 0) is 15.1 Å². The SMILES string of the molecule is CC(=O)O[C@@]1(c2ccccc2)CCCC[C@H]1[N+](=O)[O-]. The first-order valence-electron chi connectivity index (χ1n) is 6.45. The monoisotopic (exact) mass is 263 g/mol. The summed E-state index contributed by atoms with van der Waals surface area (Å²) in [5, 5.41) is 11.3. The van der Waals surface area contributed by atoms with Crippen LogP contribution in [0.25, 0.3) is 0 Å². The van der Waals surface area contributed by atoms with Crippen molar-refractivity contribution in [1.29, 1.82) is 0 Å². The van der Waals surface area contributed by atoms with Gasteiger partial charge in [-0.1, -0.05) is 30.3 Å². The number of ether oxygens (including phenoxy) is 1. The van der Waals surface area contributed by atoms with E-state index in [9.17, 15) is 14.9 Å². The van der Waals surface area contributed by atoms with Crippen molar-refractivity contribution >= 4 is 5.97 Å². The van der Waals surface area contributed by atoms with E-state index in [2.05, 4.69) is 0 Å². The van der Waals surface area contributed by atoms with E-state index in [0.717, 1.165) is 12.8 Å². The number of rotatable bonds is 3. The summed E-state index contributed by atoms with van der Waals surface area (Å²) in [5.41, 5.74) is -0.402. The highest BCUT2D eigenvalue weighted by molar-refractivity contribution is 5.67. The van der Waals surface area contributed by atoms with Crippen molar-refractivity contribution in [3.05, 3.63) is 46.0 Å². The third-order valence-corrected chi connectivity index (χ3v) is 3.66. The summed E-state index contributed by atoms with van der Waals surface area (Å²) in [7, 11) is 0. The molecule has 0 aliphatic heterocycles. The van der Waals surface area contributed by atoms with Crippen LogP contribution < -0.4 is 0 Å². The molecule has 0 aromatic heterocycles. The Balaban J connectivity index is 2.48. The van der Waals surface area contributed by atoms with Gasteiger partial charge in [-0.25, -0.2) is 0 Å². The van der Waals surface area contributed by atoms with Crippen LogP contribution in [0.4, 0.5) is 0 Å². The molecule has 0 radical (unpaired) electrons. The highest BCUT2D eigenvalue weighted by atomic mass is 16.6. The lowest BCUT2D eigenvalue weighted by Crippen LogP contribution is -2.49. The summed E-state index contributed by atoms with van der Waals surface area (Å²) in [6, 6.07) is 8.19. The molecule has 102 valence electrons. The minimum absolute atomic E-state index is 0.310. The van der Waals surface area contributed by atoms with Gasteiger partial charge in [-0.2, -0.15) is 0 Å². The third-order valence-electron chi connectivity index (χ3n) is 3.66. The molecule has 1 aliphatic carbocycles. The van der Waals surface area contributed by atoms with Gasteiger partial charge in [-0.15, -0.1) is 0 Å². The highest BCUT2D eigenvalue weighted by Crippen LogP contribution is 2.42. The summed E-state index contributed by atoms with van der Waals surface area (Å²) in [6.45, 7) is 1.30. The molecule has 0 saturated heterocycles. The van der Waals surface area contributed by atoms with Gasteiger partial charge in [0.1, 0.15) is 0 Å². The maximum atomic E-state index is 11.4. The van der Waals surface area contributed by atoms with E-state index in [0.29, 0.717) is 18.4 Å². The molecule has 1 saturated carbocycles.